The Morgan fingerprint density at radius 2 is 1.28 bits per heavy atom. The Morgan fingerprint density at radius 3 is 1.75 bits per heavy atom. The second kappa shape index (κ2) is 11.0. The number of benzene rings is 2. The van der Waals surface area contributed by atoms with Crippen molar-refractivity contribution in [1.82, 2.24) is 0 Å². The van der Waals surface area contributed by atoms with Crippen LogP contribution in [0.4, 0.5) is 0 Å². The van der Waals surface area contributed by atoms with E-state index >= 15 is 0 Å². The first-order valence-corrected chi connectivity index (χ1v) is 12.2. The van der Waals surface area contributed by atoms with Gasteiger partial charge in [0.15, 0.2) is 0 Å². The van der Waals surface area contributed by atoms with E-state index in [4.69, 9.17) is 0 Å². The molecule has 0 bridgehead atoms. The van der Waals surface area contributed by atoms with Crippen molar-refractivity contribution >= 4 is 5.97 Å². The fourth-order valence-electron chi connectivity index (χ4n) is 4.43. The third-order valence-electron chi connectivity index (χ3n) is 6.91. The maximum Gasteiger partial charge on any atom is 0.339 e. The molecular weight excluding hydrogens is 396 g/mol. The van der Waals surface area contributed by atoms with Gasteiger partial charge in [-0.15, -0.1) is 0 Å². The summed E-state index contributed by atoms with van der Waals surface area (Å²) in [4.78, 5) is 11.9. The molecular formula is C29H42O3. The summed E-state index contributed by atoms with van der Waals surface area (Å²) in [6.45, 7) is 13.3. The van der Waals surface area contributed by atoms with Crippen molar-refractivity contribution in [1.29, 1.82) is 0 Å². The van der Waals surface area contributed by atoms with Crippen molar-refractivity contribution in [2.75, 3.05) is 0 Å². The van der Waals surface area contributed by atoms with Gasteiger partial charge in [-0.25, -0.2) is 4.79 Å². The van der Waals surface area contributed by atoms with Crippen LogP contribution < -0.4 is 0 Å². The monoisotopic (exact) mass is 438 g/mol. The van der Waals surface area contributed by atoms with Crippen LogP contribution in [0.15, 0.2) is 36.4 Å². The van der Waals surface area contributed by atoms with Crippen LogP contribution in [0.1, 0.15) is 114 Å². The van der Waals surface area contributed by atoms with E-state index in [2.05, 4.69) is 53.7 Å². The summed E-state index contributed by atoms with van der Waals surface area (Å²) in [7, 11) is 0. The van der Waals surface area contributed by atoms with Crippen molar-refractivity contribution in [3.05, 3.63) is 53.1 Å². The van der Waals surface area contributed by atoms with Gasteiger partial charge in [-0.3, -0.25) is 0 Å². The number of carboxylic acids is 1. The van der Waals surface area contributed by atoms with Crippen LogP contribution in [-0.2, 0) is 10.8 Å². The molecule has 0 aliphatic heterocycles. The summed E-state index contributed by atoms with van der Waals surface area (Å²) < 4.78 is 0. The lowest BCUT2D eigenvalue weighted by Crippen LogP contribution is -2.18. The van der Waals surface area contributed by atoms with E-state index in [0.717, 1.165) is 43.2 Å². The maximum atomic E-state index is 11.9. The highest BCUT2D eigenvalue weighted by atomic mass is 16.4. The molecule has 0 aliphatic carbocycles. The van der Waals surface area contributed by atoms with E-state index < -0.39 is 5.97 Å². The number of unbranched alkanes of at least 4 members (excludes halogenated alkanes) is 4. The van der Waals surface area contributed by atoms with Crippen molar-refractivity contribution < 1.29 is 15.0 Å². The number of aromatic carboxylic acids is 1. The molecule has 0 unspecified atom stereocenters. The van der Waals surface area contributed by atoms with Crippen molar-refractivity contribution in [3.8, 4) is 16.9 Å². The standard InChI is InChI=1S/C29H42O3/c1-7-9-11-17-28(3,4)22-15-13-21(14-16-22)24-19-23(20-25(26(24)30)27(31)32)29(5,6)18-12-10-8-2/h13-16,19-20,30H,7-12,17-18H2,1-6H3,(H,31,32). The first-order valence-electron chi connectivity index (χ1n) is 12.2. The highest BCUT2D eigenvalue weighted by Gasteiger charge is 2.26. The van der Waals surface area contributed by atoms with E-state index in [9.17, 15) is 15.0 Å². The molecule has 3 heteroatoms. The first-order chi connectivity index (χ1) is 15.0. The third kappa shape index (κ3) is 6.37. The molecule has 0 aromatic heterocycles. The summed E-state index contributed by atoms with van der Waals surface area (Å²) in [5.74, 6) is -1.25. The minimum atomic E-state index is -1.09. The molecule has 0 spiro atoms. The molecule has 176 valence electrons. The zero-order valence-electron chi connectivity index (χ0n) is 20.9. The van der Waals surface area contributed by atoms with Gasteiger partial charge in [0, 0.05) is 5.56 Å². The Labute approximate surface area is 194 Å². The Kier molecular flexibility index (Phi) is 8.95. The summed E-state index contributed by atoms with van der Waals surface area (Å²) in [5, 5.41) is 20.5. The first kappa shape index (κ1) is 26.0. The highest BCUT2D eigenvalue weighted by Crippen LogP contribution is 2.40. The number of carboxylic acid groups (broad SMARTS) is 1. The zero-order chi connectivity index (χ0) is 23.9. The van der Waals surface area contributed by atoms with Crippen LogP contribution in [0, 0.1) is 0 Å². The van der Waals surface area contributed by atoms with Crippen molar-refractivity contribution in [3.63, 3.8) is 0 Å². The molecule has 0 amide bonds. The molecule has 0 saturated heterocycles. The molecule has 32 heavy (non-hydrogen) atoms. The van der Waals surface area contributed by atoms with Gasteiger partial charge in [-0.2, -0.15) is 0 Å². The molecule has 2 aromatic carbocycles. The van der Waals surface area contributed by atoms with E-state index in [0.29, 0.717) is 5.56 Å². The quantitative estimate of drug-likeness (QED) is 0.327. The summed E-state index contributed by atoms with van der Waals surface area (Å²) in [6.07, 6.45) is 9.20. The van der Waals surface area contributed by atoms with Crippen molar-refractivity contribution in [2.45, 2.75) is 104 Å². The molecule has 0 saturated carbocycles. The number of carbonyl (C=O) groups is 1. The van der Waals surface area contributed by atoms with Gasteiger partial charge in [0.1, 0.15) is 11.3 Å². The van der Waals surface area contributed by atoms with Gasteiger partial charge in [0.25, 0.3) is 0 Å². The van der Waals surface area contributed by atoms with Crippen molar-refractivity contribution in [2.24, 2.45) is 0 Å². The topological polar surface area (TPSA) is 57.5 Å². The molecule has 2 N–H and O–H groups in total. The molecule has 0 aliphatic rings. The predicted octanol–water partition coefficient (Wildman–Crippen LogP) is 8.47. The summed E-state index contributed by atoms with van der Waals surface area (Å²) >= 11 is 0. The fourth-order valence-corrected chi connectivity index (χ4v) is 4.43. The minimum absolute atomic E-state index is 0.0231. The van der Waals surface area contributed by atoms with Crippen LogP contribution in [0.25, 0.3) is 11.1 Å². The van der Waals surface area contributed by atoms with Crippen LogP contribution in [0.2, 0.25) is 0 Å². The normalized spacial score (nSPS) is 12.2. The van der Waals surface area contributed by atoms with Gasteiger partial charge in [0.05, 0.1) is 0 Å². The number of rotatable bonds is 12. The number of phenols is 1. The summed E-state index contributed by atoms with van der Waals surface area (Å²) in [5.41, 5.74) is 3.58. The van der Waals surface area contributed by atoms with E-state index in [-0.39, 0.29) is 22.1 Å². The second-order valence-corrected chi connectivity index (χ2v) is 10.5. The van der Waals surface area contributed by atoms with E-state index in [1.807, 2.05) is 18.2 Å². The molecule has 2 rings (SSSR count). The molecule has 3 nitrogen and oxygen atoms in total. The largest absolute Gasteiger partial charge is 0.506 e. The molecule has 0 atom stereocenters. The highest BCUT2D eigenvalue weighted by molar-refractivity contribution is 5.94. The molecule has 2 aromatic rings. The number of hydrogen-bond donors (Lipinski definition) is 2. The lowest BCUT2D eigenvalue weighted by Gasteiger charge is -2.27. The lowest BCUT2D eigenvalue weighted by atomic mass is 9.77. The van der Waals surface area contributed by atoms with Gasteiger partial charge in [-0.1, -0.05) is 104 Å². The maximum absolute atomic E-state index is 11.9. The SMILES string of the molecule is CCCCCC(C)(C)c1ccc(-c2cc(C(C)(C)CCCCC)cc(C(=O)O)c2O)cc1. The average Bonchev–Trinajstić information content (AvgIpc) is 2.74. The molecule has 0 radical (unpaired) electrons. The predicted molar refractivity (Wildman–Crippen MR) is 135 cm³/mol. The average molecular weight is 439 g/mol. The van der Waals surface area contributed by atoms with E-state index in [1.165, 1.54) is 24.8 Å². The fraction of sp³-hybridized carbons (Fsp3) is 0.552. The Hall–Kier alpha value is -2.29. The van der Waals surface area contributed by atoms with Gasteiger partial charge in [-0.05, 0) is 52.5 Å². The van der Waals surface area contributed by atoms with Gasteiger partial charge in [0.2, 0.25) is 0 Å². The van der Waals surface area contributed by atoms with E-state index in [1.54, 1.807) is 6.07 Å². The Morgan fingerprint density at radius 1 is 0.781 bits per heavy atom. The smallest absolute Gasteiger partial charge is 0.339 e. The van der Waals surface area contributed by atoms with Crippen LogP contribution in [-0.4, -0.2) is 16.2 Å². The number of aromatic hydroxyl groups is 1. The lowest BCUT2D eigenvalue weighted by molar-refractivity contribution is 0.0693. The summed E-state index contributed by atoms with van der Waals surface area (Å²) in [6, 6.07) is 11.9. The molecule has 0 heterocycles. The van der Waals surface area contributed by atoms with Crippen LogP contribution >= 0.6 is 0 Å². The Bertz CT molecular complexity index is 891. The van der Waals surface area contributed by atoms with Gasteiger partial charge < -0.3 is 10.2 Å². The second-order valence-electron chi connectivity index (χ2n) is 10.5. The third-order valence-corrected chi connectivity index (χ3v) is 6.91. The van der Waals surface area contributed by atoms with Crippen LogP contribution in [0.5, 0.6) is 5.75 Å². The minimum Gasteiger partial charge on any atom is -0.506 e. The zero-order valence-corrected chi connectivity index (χ0v) is 20.9. The van der Waals surface area contributed by atoms with Gasteiger partial charge >= 0.3 is 5.97 Å². The molecule has 0 fully saturated rings. The van der Waals surface area contributed by atoms with Crippen LogP contribution in [0.3, 0.4) is 0 Å². The Balaban J connectivity index is 2.43. The number of hydrogen-bond acceptors (Lipinski definition) is 2.